The molecule has 2 nitrogen and oxygen atoms in total. The number of fused-ring (bicyclic) bond motifs is 1. The maximum Gasteiger partial charge on any atom is 0.126 e. The molecule has 0 bridgehead atoms. The van der Waals surface area contributed by atoms with Gasteiger partial charge in [0.05, 0.1) is 11.6 Å². The first-order valence-corrected chi connectivity index (χ1v) is 5.22. The Bertz CT molecular complexity index is 439. The predicted molar refractivity (Wildman–Crippen MR) is 54.9 cm³/mol. The normalized spacial score (nSPS) is 27.3. The van der Waals surface area contributed by atoms with Crippen LogP contribution in [0.25, 0.3) is 0 Å². The first-order valence-electron chi connectivity index (χ1n) is 5.22. The van der Waals surface area contributed by atoms with Gasteiger partial charge < -0.3 is 4.90 Å². The Kier molecular flexibility index (Phi) is 1.72. The number of halogens is 1. The topological polar surface area (TPSA) is 27.0 Å². The zero-order valence-corrected chi connectivity index (χ0v) is 8.28. The van der Waals surface area contributed by atoms with Gasteiger partial charge in [-0.05, 0) is 36.5 Å². The fourth-order valence-corrected chi connectivity index (χ4v) is 2.43. The minimum atomic E-state index is -0.315. The molecule has 1 aromatic carbocycles. The Labute approximate surface area is 87.9 Å². The van der Waals surface area contributed by atoms with Crippen LogP contribution >= 0.6 is 0 Å². The highest BCUT2D eigenvalue weighted by Crippen LogP contribution is 2.46. The average Bonchev–Trinajstić information content (AvgIpc) is 2.85. The van der Waals surface area contributed by atoms with Gasteiger partial charge in [-0.1, -0.05) is 0 Å². The second-order valence-electron chi connectivity index (χ2n) is 4.47. The molecule has 2 aliphatic rings. The van der Waals surface area contributed by atoms with Gasteiger partial charge >= 0.3 is 0 Å². The van der Waals surface area contributed by atoms with Crippen molar-refractivity contribution in [3.8, 4) is 6.07 Å². The predicted octanol–water partition coefficient (Wildman–Crippen LogP) is 2.15. The number of piperidine rings is 1. The lowest BCUT2D eigenvalue weighted by Crippen LogP contribution is -2.21. The van der Waals surface area contributed by atoms with Crippen LogP contribution < -0.4 is 4.90 Å². The van der Waals surface area contributed by atoms with Crippen molar-refractivity contribution in [3.05, 3.63) is 29.6 Å². The van der Waals surface area contributed by atoms with E-state index in [1.807, 2.05) is 6.07 Å². The van der Waals surface area contributed by atoms with E-state index in [1.165, 1.54) is 18.6 Å². The van der Waals surface area contributed by atoms with Gasteiger partial charge in [-0.15, -0.1) is 0 Å². The number of hydrogen-bond donors (Lipinski definition) is 0. The fraction of sp³-hybridized carbons (Fsp3) is 0.417. The molecule has 15 heavy (non-hydrogen) atoms. The largest absolute Gasteiger partial charge is 0.371 e. The summed E-state index contributed by atoms with van der Waals surface area (Å²) >= 11 is 0. The molecule has 0 aromatic heterocycles. The molecule has 3 heteroatoms. The highest BCUT2D eigenvalue weighted by Gasteiger charge is 2.45. The van der Waals surface area contributed by atoms with Crippen LogP contribution in [0.2, 0.25) is 0 Å². The van der Waals surface area contributed by atoms with Crippen LogP contribution in [0.5, 0.6) is 0 Å². The molecule has 0 spiro atoms. The van der Waals surface area contributed by atoms with Crippen LogP contribution in [-0.4, -0.2) is 13.1 Å². The van der Waals surface area contributed by atoms with Gasteiger partial charge in [-0.3, -0.25) is 0 Å². The second kappa shape index (κ2) is 2.96. The van der Waals surface area contributed by atoms with Crippen molar-refractivity contribution in [2.45, 2.75) is 6.42 Å². The molecule has 1 saturated heterocycles. The van der Waals surface area contributed by atoms with E-state index < -0.39 is 0 Å². The van der Waals surface area contributed by atoms with Gasteiger partial charge in [-0.2, -0.15) is 5.26 Å². The third-order valence-electron chi connectivity index (χ3n) is 3.36. The molecule has 2 fully saturated rings. The lowest BCUT2D eigenvalue weighted by atomic mass is 10.2. The smallest absolute Gasteiger partial charge is 0.126 e. The van der Waals surface area contributed by atoms with Crippen molar-refractivity contribution in [2.75, 3.05) is 18.0 Å². The molecule has 1 aliphatic carbocycles. The van der Waals surface area contributed by atoms with Gasteiger partial charge in [0.15, 0.2) is 0 Å². The minimum Gasteiger partial charge on any atom is -0.371 e. The van der Waals surface area contributed by atoms with E-state index >= 15 is 0 Å². The zero-order valence-electron chi connectivity index (χ0n) is 8.28. The minimum absolute atomic E-state index is 0.315. The number of nitrogens with zero attached hydrogens (tertiary/aromatic N) is 2. The van der Waals surface area contributed by atoms with E-state index in [0.29, 0.717) is 5.56 Å². The zero-order chi connectivity index (χ0) is 10.4. The number of benzene rings is 1. The Morgan fingerprint density at radius 2 is 2.00 bits per heavy atom. The molecule has 1 aromatic rings. The van der Waals surface area contributed by atoms with Crippen molar-refractivity contribution in [2.24, 2.45) is 11.8 Å². The first-order chi connectivity index (χ1) is 7.26. The van der Waals surface area contributed by atoms with E-state index in [-0.39, 0.29) is 5.82 Å². The molecule has 0 radical (unpaired) electrons. The second-order valence-corrected chi connectivity index (χ2v) is 4.47. The Balaban J connectivity index is 1.91. The van der Waals surface area contributed by atoms with E-state index in [1.54, 1.807) is 6.07 Å². The summed E-state index contributed by atoms with van der Waals surface area (Å²) in [6, 6.07) is 6.56. The van der Waals surface area contributed by atoms with E-state index in [9.17, 15) is 4.39 Å². The van der Waals surface area contributed by atoms with Crippen LogP contribution in [0, 0.1) is 29.0 Å². The number of nitriles is 1. The third kappa shape index (κ3) is 1.46. The summed E-state index contributed by atoms with van der Waals surface area (Å²) in [7, 11) is 0. The Morgan fingerprint density at radius 3 is 2.67 bits per heavy atom. The average molecular weight is 202 g/mol. The lowest BCUT2D eigenvalue weighted by molar-refractivity contribution is 0.626. The Hall–Kier alpha value is -1.56. The molecule has 2 atom stereocenters. The summed E-state index contributed by atoms with van der Waals surface area (Å²) < 4.78 is 13.2. The molecule has 1 saturated carbocycles. The summed E-state index contributed by atoms with van der Waals surface area (Å²) in [5.74, 6) is 1.32. The van der Waals surface area contributed by atoms with Crippen LogP contribution in [-0.2, 0) is 0 Å². The van der Waals surface area contributed by atoms with Crippen molar-refractivity contribution in [1.82, 2.24) is 0 Å². The molecule has 1 aliphatic heterocycles. The van der Waals surface area contributed by atoms with Crippen LogP contribution in [0.4, 0.5) is 10.1 Å². The summed E-state index contributed by atoms with van der Waals surface area (Å²) in [6.07, 6.45) is 1.33. The number of rotatable bonds is 1. The highest BCUT2D eigenvalue weighted by atomic mass is 19.1. The van der Waals surface area contributed by atoms with Crippen molar-refractivity contribution in [1.29, 1.82) is 5.26 Å². The molecule has 0 amide bonds. The maximum atomic E-state index is 13.2. The molecule has 1 heterocycles. The molecule has 3 rings (SSSR count). The summed E-state index contributed by atoms with van der Waals surface area (Å²) in [5.41, 5.74) is 1.27. The number of hydrogen-bond acceptors (Lipinski definition) is 2. The molecule has 2 unspecified atom stereocenters. The van der Waals surface area contributed by atoms with Crippen molar-refractivity contribution >= 4 is 5.69 Å². The molecular weight excluding hydrogens is 191 g/mol. The number of anilines is 1. The standard InChI is InChI=1S/C12H11FN2/c13-11-1-8(5-14)2-12(4-11)15-6-9-3-10(9)7-15/h1-2,4,9-10H,3,6-7H2. The quantitative estimate of drug-likeness (QED) is 0.697. The Morgan fingerprint density at radius 1 is 1.27 bits per heavy atom. The molecular formula is C12H11FN2. The summed E-state index contributed by atoms with van der Waals surface area (Å²) in [6.45, 7) is 2.05. The highest BCUT2D eigenvalue weighted by molar-refractivity contribution is 5.53. The fourth-order valence-electron chi connectivity index (χ4n) is 2.43. The maximum absolute atomic E-state index is 13.2. The SMILES string of the molecule is N#Cc1cc(F)cc(N2CC3CC3C2)c1. The lowest BCUT2D eigenvalue weighted by Gasteiger charge is -2.20. The first kappa shape index (κ1) is 8.72. The third-order valence-corrected chi connectivity index (χ3v) is 3.36. The van der Waals surface area contributed by atoms with E-state index in [2.05, 4.69) is 4.90 Å². The van der Waals surface area contributed by atoms with E-state index in [4.69, 9.17) is 5.26 Å². The van der Waals surface area contributed by atoms with Crippen LogP contribution in [0.1, 0.15) is 12.0 Å². The van der Waals surface area contributed by atoms with Gasteiger partial charge in [0, 0.05) is 18.8 Å². The van der Waals surface area contributed by atoms with Gasteiger partial charge in [0.1, 0.15) is 5.82 Å². The van der Waals surface area contributed by atoms with Gasteiger partial charge in [0.25, 0.3) is 0 Å². The van der Waals surface area contributed by atoms with Crippen molar-refractivity contribution in [3.63, 3.8) is 0 Å². The van der Waals surface area contributed by atoms with Gasteiger partial charge in [-0.25, -0.2) is 4.39 Å². The monoisotopic (exact) mass is 202 g/mol. The molecule has 0 N–H and O–H groups in total. The molecule has 76 valence electrons. The van der Waals surface area contributed by atoms with Crippen LogP contribution in [0.15, 0.2) is 18.2 Å². The van der Waals surface area contributed by atoms with Crippen LogP contribution in [0.3, 0.4) is 0 Å². The van der Waals surface area contributed by atoms with Crippen molar-refractivity contribution < 1.29 is 4.39 Å². The van der Waals surface area contributed by atoms with E-state index in [0.717, 1.165) is 30.6 Å². The summed E-state index contributed by atoms with van der Waals surface area (Å²) in [5, 5.41) is 8.75. The van der Waals surface area contributed by atoms with Gasteiger partial charge in [0.2, 0.25) is 0 Å². The summed E-state index contributed by atoms with van der Waals surface area (Å²) in [4.78, 5) is 2.18.